The molecule has 1 N–H and O–H groups in total. The highest BCUT2D eigenvalue weighted by Gasteiger charge is 2.05. The number of carboxylic acids is 1. The first-order valence-corrected chi connectivity index (χ1v) is 6.51. The van der Waals surface area contributed by atoms with Crippen molar-refractivity contribution in [1.82, 2.24) is 14.8 Å². The number of aromatic nitrogens is 3. The summed E-state index contributed by atoms with van der Waals surface area (Å²) in [6.45, 7) is 2.87. The molecule has 0 saturated carbocycles. The van der Waals surface area contributed by atoms with E-state index >= 15 is 0 Å². The van der Waals surface area contributed by atoms with Gasteiger partial charge in [0, 0.05) is 30.3 Å². The third-order valence-electron chi connectivity index (χ3n) is 2.38. The molecule has 0 fully saturated rings. The van der Waals surface area contributed by atoms with Crippen LogP contribution >= 0.6 is 11.8 Å². The van der Waals surface area contributed by atoms with Crippen LogP contribution in [0, 0.1) is 0 Å². The summed E-state index contributed by atoms with van der Waals surface area (Å²) in [5.74, 6) is -0.200. The van der Waals surface area contributed by atoms with E-state index in [2.05, 4.69) is 10.1 Å². The van der Waals surface area contributed by atoms with Crippen molar-refractivity contribution in [3.8, 4) is 0 Å². The lowest BCUT2D eigenvalue weighted by atomic mass is 10.3. The number of aromatic carboxylic acids is 1. The van der Waals surface area contributed by atoms with Gasteiger partial charge in [-0.1, -0.05) is 0 Å². The second-order valence-corrected chi connectivity index (χ2v) is 4.68. The normalized spacial score (nSPS) is 10.5. The summed E-state index contributed by atoms with van der Waals surface area (Å²) in [5, 5.41) is 13.8. The molecule has 0 aromatic carbocycles. The van der Waals surface area contributed by atoms with Crippen molar-refractivity contribution in [3.05, 3.63) is 41.9 Å². The summed E-state index contributed by atoms with van der Waals surface area (Å²) in [5.41, 5.74) is 1.36. The van der Waals surface area contributed by atoms with E-state index < -0.39 is 5.97 Å². The van der Waals surface area contributed by atoms with E-state index in [1.54, 1.807) is 6.07 Å². The van der Waals surface area contributed by atoms with Crippen LogP contribution in [-0.4, -0.2) is 25.8 Å². The van der Waals surface area contributed by atoms with Gasteiger partial charge in [0.05, 0.1) is 16.8 Å². The Hall–Kier alpha value is -1.82. The second kappa shape index (κ2) is 5.68. The van der Waals surface area contributed by atoms with Gasteiger partial charge in [0.2, 0.25) is 0 Å². The number of aryl methyl sites for hydroxylation is 1. The Bertz CT molecular complexity index is 554. The van der Waals surface area contributed by atoms with E-state index in [0.29, 0.717) is 5.03 Å². The number of carbonyl (C=O) groups is 1. The average molecular weight is 263 g/mol. The monoisotopic (exact) mass is 263 g/mol. The summed E-state index contributed by atoms with van der Waals surface area (Å²) < 4.78 is 1.86. The quantitative estimate of drug-likeness (QED) is 0.838. The third kappa shape index (κ3) is 3.10. The molecule has 2 heterocycles. The Morgan fingerprint density at radius 3 is 3.06 bits per heavy atom. The first kappa shape index (κ1) is 12.6. The zero-order chi connectivity index (χ0) is 13.0. The molecule has 0 bridgehead atoms. The molecular formula is C12H13N3O2S. The highest BCUT2D eigenvalue weighted by molar-refractivity contribution is 7.98. The van der Waals surface area contributed by atoms with Crippen LogP contribution in [0.15, 0.2) is 35.7 Å². The maximum absolute atomic E-state index is 10.8. The van der Waals surface area contributed by atoms with Gasteiger partial charge in [0.1, 0.15) is 0 Å². The van der Waals surface area contributed by atoms with Crippen LogP contribution in [0.4, 0.5) is 0 Å². The number of pyridine rings is 1. The van der Waals surface area contributed by atoms with Crippen molar-refractivity contribution in [3.63, 3.8) is 0 Å². The maximum atomic E-state index is 10.8. The molecule has 2 rings (SSSR count). The Balaban J connectivity index is 2.01. The standard InChI is InChI=1S/C12H13N3O2S/c1-2-15-7-9(6-14-15)8-18-11-5-10(12(16)17)3-4-13-11/h3-7H,2,8H2,1H3,(H,16,17). The summed E-state index contributed by atoms with van der Waals surface area (Å²) in [6.07, 6.45) is 5.31. The minimum Gasteiger partial charge on any atom is -0.478 e. The van der Waals surface area contributed by atoms with Crippen LogP contribution in [0.1, 0.15) is 22.8 Å². The molecule has 0 saturated heterocycles. The lowest BCUT2D eigenvalue weighted by molar-refractivity contribution is 0.0696. The average Bonchev–Trinajstić information content (AvgIpc) is 2.84. The first-order valence-electron chi connectivity index (χ1n) is 5.52. The predicted octanol–water partition coefficient (Wildman–Crippen LogP) is 2.29. The van der Waals surface area contributed by atoms with Gasteiger partial charge in [-0.25, -0.2) is 9.78 Å². The molecule has 5 nitrogen and oxygen atoms in total. The van der Waals surface area contributed by atoms with Gasteiger partial charge in [0.15, 0.2) is 0 Å². The van der Waals surface area contributed by atoms with Crippen LogP contribution < -0.4 is 0 Å². The highest BCUT2D eigenvalue weighted by Crippen LogP contribution is 2.21. The number of carboxylic acid groups (broad SMARTS) is 1. The van der Waals surface area contributed by atoms with Gasteiger partial charge in [0.25, 0.3) is 0 Å². The zero-order valence-corrected chi connectivity index (χ0v) is 10.7. The molecule has 0 amide bonds. The van der Waals surface area contributed by atoms with Crippen molar-refractivity contribution in [2.45, 2.75) is 24.2 Å². The third-order valence-corrected chi connectivity index (χ3v) is 3.38. The molecule has 94 valence electrons. The van der Waals surface area contributed by atoms with E-state index in [-0.39, 0.29) is 5.56 Å². The molecule has 0 aliphatic carbocycles. The molecule has 0 aliphatic heterocycles. The molecular weight excluding hydrogens is 250 g/mol. The fourth-order valence-corrected chi connectivity index (χ4v) is 2.24. The van der Waals surface area contributed by atoms with Crippen LogP contribution in [0.3, 0.4) is 0 Å². The Morgan fingerprint density at radius 1 is 1.56 bits per heavy atom. The summed E-state index contributed by atoms with van der Waals surface area (Å²) in [4.78, 5) is 15.0. The maximum Gasteiger partial charge on any atom is 0.335 e. The van der Waals surface area contributed by atoms with Crippen LogP contribution in [0.5, 0.6) is 0 Å². The molecule has 0 aliphatic rings. The second-order valence-electron chi connectivity index (χ2n) is 3.68. The van der Waals surface area contributed by atoms with E-state index in [9.17, 15) is 4.79 Å². The van der Waals surface area contributed by atoms with Gasteiger partial charge in [-0.05, 0) is 19.1 Å². The minimum absolute atomic E-state index is 0.261. The van der Waals surface area contributed by atoms with Gasteiger partial charge >= 0.3 is 5.97 Å². The van der Waals surface area contributed by atoms with Crippen LogP contribution in [0.25, 0.3) is 0 Å². The zero-order valence-electron chi connectivity index (χ0n) is 9.91. The number of nitrogens with zero attached hydrogens (tertiary/aromatic N) is 3. The smallest absolute Gasteiger partial charge is 0.335 e. The van der Waals surface area contributed by atoms with E-state index in [1.165, 1.54) is 24.0 Å². The summed E-state index contributed by atoms with van der Waals surface area (Å²) in [7, 11) is 0. The fourth-order valence-electron chi connectivity index (χ4n) is 1.43. The van der Waals surface area contributed by atoms with Crippen molar-refractivity contribution >= 4 is 17.7 Å². The lowest BCUT2D eigenvalue weighted by Crippen LogP contribution is -1.96. The largest absolute Gasteiger partial charge is 0.478 e. The molecule has 2 aromatic heterocycles. The first-order chi connectivity index (χ1) is 8.69. The topological polar surface area (TPSA) is 68.0 Å². The molecule has 6 heteroatoms. The number of hydrogen-bond acceptors (Lipinski definition) is 4. The number of thioether (sulfide) groups is 1. The Labute approximate surface area is 109 Å². The molecule has 2 aromatic rings. The van der Waals surface area contributed by atoms with Crippen LogP contribution in [0.2, 0.25) is 0 Å². The molecule has 18 heavy (non-hydrogen) atoms. The lowest BCUT2D eigenvalue weighted by Gasteiger charge is -2.00. The Morgan fingerprint density at radius 2 is 2.39 bits per heavy atom. The molecule has 0 atom stereocenters. The van der Waals surface area contributed by atoms with Crippen molar-refractivity contribution in [1.29, 1.82) is 0 Å². The fraction of sp³-hybridized carbons (Fsp3) is 0.250. The Kier molecular flexibility index (Phi) is 3.99. The van der Waals surface area contributed by atoms with Gasteiger partial charge < -0.3 is 5.11 Å². The predicted molar refractivity (Wildman–Crippen MR) is 68.7 cm³/mol. The summed E-state index contributed by atoms with van der Waals surface area (Å²) in [6, 6.07) is 3.07. The minimum atomic E-state index is -0.932. The highest BCUT2D eigenvalue weighted by atomic mass is 32.2. The van der Waals surface area contributed by atoms with E-state index in [1.807, 2.05) is 24.0 Å². The molecule has 0 radical (unpaired) electrons. The molecule has 0 unspecified atom stereocenters. The summed E-state index contributed by atoms with van der Waals surface area (Å²) >= 11 is 1.50. The van der Waals surface area contributed by atoms with Gasteiger partial charge in [-0.3, -0.25) is 4.68 Å². The van der Waals surface area contributed by atoms with E-state index in [4.69, 9.17) is 5.11 Å². The number of rotatable bonds is 5. The van der Waals surface area contributed by atoms with Gasteiger partial charge in [-0.2, -0.15) is 5.10 Å². The molecule has 0 spiro atoms. The van der Waals surface area contributed by atoms with Crippen molar-refractivity contribution < 1.29 is 9.90 Å². The van der Waals surface area contributed by atoms with E-state index in [0.717, 1.165) is 17.9 Å². The van der Waals surface area contributed by atoms with Crippen molar-refractivity contribution in [2.24, 2.45) is 0 Å². The van der Waals surface area contributed by atoms with Crippen molar-refractivity contribution in [2.75, 3.05) is 0 Å². The number of hydrogen-bond donors (Lipinski definition) is 1. The van der Waals surface area contributed by atoms with Gasteiger partial charge in [-0.15, -0.1) is 11.8 Å². The SMILES string of the molecule is CCn1cc(CSc2cc(C(=O)O)ccn2)cn1. The van der Waals surface area contributed by atoms with Crippen LogP contribution in [-0.2, 0) is 12.3 Å².